The van der Waals surface area contributed by atoms with Crippen LogP contribution < -0.4 is 0 Å². The predicted molar refractivity (Wildman–Crippen MR) is 58.4 cm³/mol. The molecular formula is C9H24BO3. The molecule has 13 heavy (non-hydrogen) atoms. The van der Waals surface area contributed by atoms with Gasteiger partial charge in [0, 0.05) is 0 Å². The van der Waals surface area contributed by atoms with Gasteiger partial charge in [0.2, 0.25) is 0 Å². The van der Waals surface area contributed by atoms with Crippen molar-refractivity contribution >= 4 is 8.41 Å². The average Bonchev–Trinajstić information content (AvgIpc) is 1.55. The normalized spacial score (nSPS) is 11.5. The van der Waals surface area contributed by atoms with Gasteiger partial charge in [0.25, 0.3) is 0 Å². The van der Waals surface area contributed by atoms with Gasteiger partial charge in [-0.3, -0.25) is 0 Å². The van der Waals surface area contributed by atoms with E-state index in [1.165, 1.54) is 0 Å². The summed E-state index contributed by atoms with van der Waals surface area (Å²) in [7, 11) is 0. The highest BCUT2D eigenvalue weighted by molar-refractivity contribution is 5.75. The molecule has 0 aliphatic rings. The minimum atomic E-state index is -1.01. The van der Waals surface area contributed by atoms with Crippen LogP contribution >= 0.6 is 0 Å². The molecule has 81 valence electrons. The summed E-state index contributed by atoms with van der Waals surface area (Å²) in [5.74, 6) is 0. The summed E-state index contributed by atoms with van der Waals surface area (Å²) in [6.07, 6.45) is -0.417. The molecule has 0 bridgehead atoms. The first kappa shape index (κ1) is 18.7. The van der Waals surface area contributed by atoms with Gasteiger partial charge >= 0.3 is 0 Å². The molecule has 0 atom stereocenters. The molecule has 0 aliphatic heterocycles. The van der Waals surface area contributed by atoms with E-state index in [9.17, 15) is 5.11 Å². The van der Waals surface area contributed by atoms with Crippen molar-refractivity contribution in [2.24, 2.45) is 0 Å². The lowest BCUT2D eigenvalue weighted by Crippen LogP contribution is -2.44. The van der Waals surface area contributed by atoms with Gasteiger partial charge in [0.05, 0.1) is 25.7 Å². The van der Waals surface area contributed by atoms with Crippen LogP contribution in [0, 0.1) is 0 Å². The van der Waals surface area contributed by atoms with Crippen molar-refractivity contribution in [1.29, 1.82) is 0 Å². The third kappa shape index (κ3) is 14.8. The lowest BCUT2D eigenvalue weighted by atomic mass is 9.90. The Bertz CT molecular complexity index is 96.3. The van der Waals surface area contributed by atoms with Gasteiger partial charge < -0.3 is 10.2 Å². The standard InChI is InChI=1S/C6H14O2.C3H7O.BH3/c1-5(2,7)6(3,4)8;1-3(2)4;/h7-8H,1-4H3;3H,1-2H3;1H3. The quantitative estimate of drug-likeness (QED) is 0.580. The first-order valence-electron chi connectivity index (χ1n) is 4.09. The van der Waals surface area contributed by atoms with Crippen LogP contribution in [0.3, 0.4) is 0 Å². The van der Waals surface area contributed by atoms with Crippen LogP contribution in [0.25, 0.3) is 0 Å². The summed E-state index contributed by atoms with van der Waals surface area (Å²) < 4.78 is 0. The Kier molecular flexibility index (Phi) is 9.20. The van der Waals surface area contributed by atoms with Crippen LogP contribution in [0.1, 0.15) is 41.5 Å². The Hall–Kier alpha value is -0.0551. The van der Waals surface area contributed by atoms with Crippen molar-refractivity contribution in [3.63, 3.8) is 0 Å². The van der Waals surface area contributed by atoms with Crippen LogP contribution in [-0.4, -0.2) is 35.9 Å². The van der Waals surface area contributed by atoms with Crippen molar-refractivity contribution in [2.45, 2.75) is 58.8 Å². The summed E-state index contributed by atoms with van der Waals surface area (Å²) in [5.41, 5.74) is -2.01. The van der Waals surface area contributed by atoms with Gasteiger partial charge in [-0.2, -0.15) is 0 Å². The lowest BCUT2D eigenvalue weighted by molar-refractivity contribution is -0.107. The van der Waals surface area contributed by atoms with Crippen LogP contribution in [0.15, 0.2) is 0 Å². The third-order valence-corrected chi connectivity index (χ3v) is 1.50. The predicted octanol–water partition coefficient (Wildman–Crippen LogP) is 0.170. The summed E-state index contributed by atoms with van der Waals surface area (Å²) in [6, 6.07) is 0. The van der Waals surface area contributed by atoms with Gasteiger partial charge in [0.1, 0.15) is 0 Å². The Labute approximate surface area is 83.4 Å². The monoisotopic (exact) mass is 191 g/mol. The minimum Gasteiger partial charge on any atom is -0.387 e. The molecule has 0 aromatic carbocycles. The maximum atomic E-state index is 9.53. The molecule has 2 N–H and O–H groups in total. The molecule has 3 nitrogen and oxygen atoms in total. The van der Waals surface area contributed by atoms with Crippen molar-refractivity contribution in [2.75, 3.05) is 0 Å². The molecule has 4 heteroatoms. The number of rotatable bonds is 1. The topological polar surface area (TPSA) is 60.4 Å². The zero-order valence-electron chi connectivity index (χ0n) is 8.88. The number of hydrogen-bond donors (Lipinski definition) is 2. The molecule has 0 rings (SSSR count). The van der Waals surface area contributed by atoms with E-state index >= 15 is 0 Å². The van der Waals surface area contributed by atoms with E-state index in [2.05, 4.69) is 0 Å². The summed E-state index contributed by atoms with van der Waals surface area (Å²) >= 11 is 0. The van der Waals surface area contributed by atoms with Gasteiger partial charge in [-0.05, 0) is 41.5 Å². The highest BCUT2D eigenvalue weighted by atomic mass is 16.3. The fourth-order valence-corrected chi connectivity index (χ4v) is 0. The molecule has 0 aromatic rings. The molecule has 0 aromatic heterocycles. The Morgan fingerprint density at radius 1 is 0.923 bits per heavy atom. The van der Waals surface area contributed by atoms with Gasteiger partial charge in [-0.25, -0.2) is 5.11 Å². The fraction of sp³-hybridized carbons (Fsp3) is 1.00. The van der Waals surface area contributed by atoms with E-state index < -0.39 is 17.3 Å². The zero-order chi connectivity index (χ0) is 10.6. The lowest BCUT2D eigenvalue weighted by Gasteiger charge is -2.31. The van der Waals surface area contributed by atoms with Crippen LogP contribution in [0.2, 0.25) is 0 Å². The third-order valence-electron chi connectivity index (χ3n) is 1.50. The summed E-state index contributed by atoms with van der Waals surface area (Å²) in [6.45, 7) is 9.53. The van der Waals surface area contributed by atoms with Crippen molar-refractivity contribution in [3.8, 4) is 0 Å². The molecular weight excluding hydrogens is 167 g/mol. The molecule has 0 heterocycles. The second-order valence-corrected chi connectivity index (χ2v) is 4.17. The molecule has 1 radical (unpaired) electrons. The minimum absolute atomic E-state index is 0. The second-order valence-electron chi connectivity index (χ2n) is 4.17. The molecule has 0 spiro atoms. The van der Waals surface area contributed by atoms with Gasteiger partial charge in [0.15, 0.2) is 0 Å². The van der Waals surface area contributed by atoms with Crippen molar-refractivity contribution in [1.82, 2.24) is 0 Å². The number of aliphatic hydroxyl groups is 2. The van der Waals surface area contributed by atoms with E-state index in [1.54, 1.807) is 41.5 Å². The molecule has 0 fully saturated rings. The largest absolute Gasteiger partial charge is 0.387 e. The highest BCUT2D eigenvalue weighted by Crippen LogP contribution is 2.19. The first-order chi connectivity index (χ1) is 4.98. The zero-order valence-corrected chi connectivity index (χ0v) is 8.88. The summed E-state index contributed by atoms with van der Waals surface area (Å²) in [5, 5.41) is 27.7. The maximum absolute atomic E-state index is 9.53. The van der Waals surface area contributed by atoms with E-state index in [4.69, 9.17) is 10.2 Å². The Morgan fingerprint density at radius 3 is 1.00 bits per heavy atom. The SMILES string of the molecule is B.CC(C)(O)C(C)(C)O.CC(C)[O]. The second kappa shape index (κ2) is 6.41. The molecule has 0 saturated carbocycles. The van der Waals surface area contributed by atoms with Crippen LogP contribution in [0.4, 0.5) is 0 Å². The Morgan fingerprint density at radius 2 is 1.00 bits per heavy atom. The first-order valence-corrected chi connectivity index (χ1v) is 4.09. The van der Waals surface area contributed by atoms with E-state index in [0.717, 1.165) is 0 Å². The van der Waals surface area contributed by atoms with Gasteiger partial charge in [-0.15, -0.1) is 0 Å². The van der Waals surface area contributed by atoms with Crippen LogP contribution in [0.5, 0.6) is 0 Å². The number of hydrogen-bond acceptors (Lipinski definition) is 2. The van der Waals surface area contributed by atoms with E-state index in [-0.39, 0.29) is 8.41 Å². The maximum Gasteiger partial charge on any atom is 0.0874 e. The van der Waals surface area contributed by atoms with E-state index in [0.29, 0.717) is 0 Å². The molecule has 0 unspecified atom stereocenters. The highest BCUT2D eigenvalue weighted by Gasteiger charge is 2.31. The molecule has 0 aliphatic carbocycles. The average molecular weight is 191 g/mol. The Balaban J connectivity index is -0.000000173. The molecule has 0 saturated heterocycles. The fourth-order valence-electron chi connectivity index (χ4n) is 0. The smallest absolute Gasteiger partial charge is 0.0874 e. The molecule has 0 amide bonds. The van der Waals surface area contributed by atoms with Crippen molar-refractivity contribution < 1.29 is 15.3 Å². The van der Waals surface area contributed by atoms with Crippen molar-refractivity contribution in [3.05, 3.63) is 0 Å². The van der Waals surface area contributed by atoms with E-state index in [1.807, 2.05) is 0 Å². The van der Waals surface area contributed by atoms with Gasteiger partial charge in [-0.1, -0.05) is 0 Å². The summed E-state index contributed by atoms with van der Waals surface area (Å²) in [4.78, 5) is 0. The van der Waals surface area contributed by atoms with Crippen LogP contribution in [-0.2, 0) is 5.11 Å².